The molecule has 0 spiro atoms. The lowest BCUT2D eigenvalue weighted by molar-refractivity contribution is 0.608. The van der Waals surface area contributed by atoms with Crippen molar-refractivity contribution in [1.29, 1.82) is 5.26 Å². The van der Waals surface area contributed by atoms with Crippen LogP contribution in [0.2, 0.25) is 5.02 Å². The van der Waals surface area contributed by atoms with Crippen LogP contribution in [0.5, 0.6) is 0 Å². The van der Waals surface area contributed by atoms with Gasteiger partial charge in [0.15, 0.2) is 4.91 Å². The normalized spacial score (nSPS) is 12.1. The monoisotopic (exact) mass is 357 g/mol. The Morgan fingerprint density at radius 1 is 1.17 bits per heavy atom. The van der Waals surface area contributed by atoms with E-state index in [4.69, 9.17) is 11.6 Å². The minimum Gasteiger partial charge on any atom is -0.361 e. The smallest absolute Gasteiger partial charge is 0.272 e. The molecule has 0 aliphatic carbocycles. The highest BCUT2D eigenvalue weighted by Gasteiger charge is 2.18. The summed E-state index contributed by atoms with van der Waals surface area (Å²) in [6.07, 6.45) is 3.01. The third-order valence-electron chi connectivity index (χ3n) is 3.40. The zero-order valence-electron chi connectivity index (χ0n) is 12.3. The molecule has 0 fully saturated rings. The van der Waals surface area contributed by atoms with E-state index in [2.05, 4.69) is 9.71 Å². The molecule has 0 bridgehead atoms. The number of hydrogen-bond acceptors (Lipinski definition) is 3. The number of benzene rings is 2. The van der Waals surface area contributed by atoms with Crippen LogP contribution in [0.25, 0.3) is 17.0 Å². The summed E-state index contributed by atoms with van der Waals surface area (Å²) >= 11 is 5.78. The van der Waals surface area contributed by atoms with E-state index >= 15 is 0 Å². The molecule has 0 radical (unpaired) electrons. The first-order chi connectivity index (χ1) is 11.5. The SMILES string of the molecule is N#C/C(=C\c1c[nH]c2ccccc12)S(=O)(=O)Nc1ccc(Cl)cc1. The number of anilines is 1. The van der Waals surface area contributed by atoms with Crippen molar-refractivity contribution in [2.45, 2.75) is 0 Å². The fourth-order valence-corrected chi connectivity index (χ4v) is 3.34. The molecule has 7 heteroatoms. The predicted octanol–water partition coefficient (Wildman–Crippen LogP) is 4.13. The molecule has 1 heterocycles. The highest BCUT2D eigenvalue weighted by Crippen LogP contribution is 2.23. The number of H-pyrrole nitrogens is 1. The van der Waals surface area contributed by atoms with Gasteiger partial charge < -0.3 is 4.98 Å². The summed E-state index contributed by atoms with van der Waals surface area (Å²) in [7, 11) is -3.99. The summed E-state index contributed by atoms with van der Waals surface area (Å²) < 4.78 is 27.2. The Labute approximate surface area is 144 Å². The minimum absolute atomic E-state index is 0.333. The number of nitriles is 1. The van der Waals surface area contributed by atoms with Gasteiger partial charge in [-0.2, -0.15) is 5.26 Å². The van der Waals surface area contributed by atoms with Crippen LogP contribution in [0.1, 0.15) is 5.56 Å². The van der Waals surface area contributed by atoms with Gasteiger partial charge in [-0.1, -0.05) is 29.8 Å². The van der Waals surface area contributed by atoms with Gasteiger partial charge in [0.05, 0.1) is 0 Å². The molecular formula is C17H12ClN3O2S. The van der Waals surface area contributed by atoms with Gasteiger partial charge in [-0.3, -0.25) is 4.72 Å². The van der Waals surface area contributed by atoms with Crippen LogP contribution in [0, 0.1) is 11.3 Å². The second kappa shape index (κ2) is 6.40. The second-order valence-electron chi connectivity index (χ2n) is 5.02. The van der Waals surface area contributed by atoms with Gasteiger partial charge in [0, 0.05) is 33.4 Å². The molecule has 0 unspecified atom stereocenters. The third kappa shape index (κ3) is 3.27. The number of aromatic nitrogens is 1. The first kappa shape index (κ1) is 16.1. The highest BCUT2D eigenvalue weighted by molar-refractivity contribution is 7.96. The van der Waals surface area contributed by atoms with Crippen molar-refractivity contribution in [2.24, 2.45) is 0 Å². The minimum atomic E-state index is -3.99. The Kier molecular flexibility index (Phi) is 4.30. The van der Waals surface area contributed by atoms with Gasteiger partial charge in [0.25, 0.3) is 10.0 Å². The predicted molar refractivity (Wildman–Crippen MR) is 95.9 cm³/mol. The van der Waals surface area contributed by atoms with Crippen molar-refractivity contribution in [1.82, 2.24) is 4.98 Å². The van der Waals surface area contributed by atoms with Crippen LogP contribution in [0.15, 0.2) is 59.6 Å². The maximum Gasteiger partial charge on any atom is 0.272 e. The summed E-state index contributed by atoms with van der Waals surface area (Å²) in [5.41, 5.74) is 1.83. The fourth-order valence-electron chi connectivity index (χ4n) is 2.25. The Morgan fingerprint density at radius 2 is 1.88 bits per heavy atom. The molecule has 0 saturated carbocycles. The molecule has 0 aliphatic rings. The van der Waals surface area contributed by atoms with Gasteiger partial charge in [-0.25, -0.2) is 8.42 Å². The number of hydrogen-bond donors (Lipinski definition) is 2. The van der Waals surface area contributed by atoms with Crippen molar-refractivity contribution < 1.29 is 8.42 Å². The Bertz CT molecular complexity index is 1060. The number of nitrogens with one attached hydrogen (secondary N) is 2. The summed E-state index contributed by atoms with van der Waals surface area (Å²) in [5, 5.41) is 10.6. The average molecular weight is 358 g/mol. The molecule has 3 rings (SSSR count). The van der Waals surface area contributed by atoms with Gasteiger partial charge >= 0.3 is 0 Å². The molecule has 2 aromatic carbocycles. The van der Waals surface area contributed by atoms with E-state index in [1.165, 1.54) is 18.2 Å². The zero-order chi connectivity index (χ0) is 17.2. The summed E-state index contributed by atoms with van der Waals surface area (Å²) in [5.74, 6) is 0. The highest BCUT2D eigenvalue weighted by atomic mass is 35.5. The lowest BCUT2D eigenvalue weighted by Crippen LogP contribution is -2.14. The molecule has 0 amide bonds. The van der Waals surface area contributed by atoms with Crippen molar-refractivity contribution in [3.8, 4) is 6.07 Å². The van der Waals surface area contributed by atoms with Crippen molar-refractivity contribution >= 4 is 44.3 Å². The van der Waals surface area contributed by atoms with Gasteiger partial charge in [0.1, 0.15) is 6.07 Å². The van der Waals surface area contributed by atoms with Gasteiger partial charge in [-0.05, 0) is 36.4 Å². The van der Waals surface area contributed by atoms with E-state index in [9.17, 15) is 13.7 Å². The first-order valence-electron chi connectivity index (χ1n) is 6.96. The van der Waals surface area contributed by atoms with Crippen molar-refractivity contribution in [2.75, 3.05) is 4.72 Å². The van der Waals surface area contributed by atoms with E-state index in [1.54, 1.807) is 24.4 Å². The van der Waals surface area contributed by atoms with E-state index in [0.717, 1.165) is 10.9 Å². The molecule has 3 aromatic rings. The molecule has 5 nitrogen and oxygen atoms in total. The standard InChI is InChI=1S/C17H12ClN3O2S/c18-13-5-7-14(8-6-13)21-24(22,23)15(10-19)9-12-11-20-17-4-2-1-3-16(12)17/h1-9,11,20-21H/b15-9+. The Balaban J connectivity index is 1.98. The van der Waals surface area contributed by atoms with E-state index in [1.807, 2.05) is 24.3 Å². The van der Waals surface area contributed by atoms with Crippen LogP contribution in [0.4, 0.5) is 5.69 Å². The second-order valence-corrected chi connectivity index (χ2v) is 7.11. The molecule has 2 N–H and O–H groups in total. The molecule has 0 saturated heterocycles. The maximum absolute atomic E-state index is 12.4. The number of sulfonamides is 1. The maximum atomic E-state index is 12.4. The zero-order valence-corrected chi connectivity index (χ0v) is 13.9. The molecule has 24 heavy (non-hydrogen) atoms. The van der Waals surface area contributed by atoms with Crippen molar-refractivity contribution in [3.05, 3.63) is 70.2 Å². The molecule has 0 aliphatic heterocycles. The number of fused-ring (bicyclic) bond motifs is 1. The topological polar surface area (TPSA) is 85.8 Å². The number of rotatable bonds is 4. The number of halogens is 1. The number of nitrogens with zero attached hydrogens (tertiary/aromatic N) is 1. The summed E-state index contributed by atoms with van der Waals surface area (Å²) in [6, 6.07) is 15.4. The fraction of sp³-hybridized carbons (Fsp3) is 0. The van der Waals surface area contributed by atoms with E-state index in [0.29, 0.717) is 16.3 Å². The third-order valence-corrected chi connectivity index (χ3v) is 4.95. The van der Waals surface area contributed by atoms with Gasteiger partial charge in [-0.15, -0.1) is 0 Å². The number of allylic oxidation sites excluding steroid dienone is 1. The summed E-state index contributed by atoms with van der Waals surface area (Å²) in [6.45, 7) is 0. The summed E-state index contributed by atoms with van der Waals surface area (Å²) in [4.78, 5) is 2.67. The largest absolute Gasteiger partial charge is 0.361 e. The Hall–Kier alpha value is -2.75. The Morgan fingerprint density at radius 3 is 2.58 bits per heavy atom. The first-order valence-corrected chi connectivity index (χ1v) is 8.82. The number of para-hydroxylation sites is 1. The van der Waals surface area contributed by atoms with Gasteiger partial charge in [0.2, 0.25) is 0 Å². The molecule has 1 aromatic heterocycles. The van der Waals surface area contributed by atoms with E-state index in [-0.39, 0.29) is 4.91 Å². The van der Waals surface area contributed by atoms with Crippen LogP contribution >= 0.6 is 11.6 Å². The lowest BCUT2D eigenvalue weighted by Gasteiger charge is -2.06. The van der Waals surface area contributed by atoms with Crippen LogP contribution in [-0.2, 0) is 10.0 Å². The quantitative estimate of drug-likeness (QED) is 0.688. The van der Waals surface area contributed by atoms with Crippen LogP contribution < -0.4 is 4.72 Å². The average Bonchev–Trinajstić information content (AvgIpc) is 2.97. The van der Waals surface area contributed by atoms with Crippen molar-refractivity contribution in [3.63, 3.8) is 0 Å². The molecule has 120 valence electrons. The number of aromatic amines is 1. The molecule has 0 atom stereocenters. The van der Waals surface area contributed by atoms with E-state index < -0.39 is 10.0 Å². The van der Waals surface area contributed by atoms with Crippen LogP contribution in [0.3, 0.4) is 0 Å². The van der Waals surface area contributed by atoms with Crippen LogP contribution in [-0.4, -0.2) is 13.4 Å². The lowest BCUT2D eigenvalue weighted by atomic mass is 10.1. The molecular weight excluding hydrogens is 346 g/mol.